The summed E-state index contributed by atoms with van der Waals surface area (Å²) >= 11 is 0. The highest BCUT2D eigenvalue weighted by Crippen LogP contribution is 2.43. The molecule has 1 unspecified atom stereocenters. The second kappa shape index (κ2) is 16.8. The quantitative estimate of drug-likeness (QED) is 0.187. The first kappa shape index (κ1) is 35.2. The van der Waals surface area contributed by atoms with E-state index in [0.29, 0.717) is 31.2 Å². The summed E-state index contributed by atoms with van der Waals surface area (Å²) in [5, 5.41) is 13.0. The molecule has 2 amide bonds. The van der Waals surface area contributed by atoms with Crippen LogP contribution in [0.5, 0.6) is 0 Å². The van der Waals surface area contributed by atoms with E-state index in [-0.39, 0.29) is 63.6 Å². The molecule has 3 N–H and O–H groups in total. The van der Waals surface area contributed by atoms with Gasteiger partial charge in [0.2, 0.25) is 5.91 Å². The summed E-state index contributed by atoms with van der Waals surface area (Å²) in [6.45, 7) is 4.05. The highest BCUT2D eigenvalue weighted by atomic mass is 31.2. The molecule has 252 valence electrons. The molecule has 2 saturated heterocycles. The maximum absolute atomic E-state index is 13.8. The molecule has 2 aliphatic heterocycles. The van der Waals surface area contributed by atoms with Gasteiger partial charge in [0, 0.05) is 44.9 Å². The van der Waals surface area contributed by atoms with Crippen molar-refractivity contribution in [2.45, 2.75) is 51.2 Å². The van der Waals surface area contributed by atoms with Crippen LogP contribution in [0.3, 0.4) is 0 Å². The number of carbonyl (C=O) groups is 3. The van der Waals surface area contributed by atoms with Gasteiger partial charge in [-0.15, -0.1) is 5.06 Å². The average molecular weight is 663 g/mol. The van der Waals surface area contributed by atoms with Gasteiger partial charge in [0.05, 0.1) is 32.0 Å². The van der Waals surface area contributed by atoms with Crippen LogP contribution >= 0.6 is 7.60 Å². The Hall–Kier alpha value is -3.62. The van der Waals surface area contributed by atoms with Crippen LogP contribution in [0.1, 0.15) is 49.5 Å². The fourth-order valence-corrected chi connectivity index (χ4v) is 6.41. The zero-order chi connectivity index (χ0) is 33.1. The second-order valence-corrected chi connectivity index (χ2v) is 13.2. The van der Waals surface area contributed by atoms with Crippen molar-refractivity contribution < 1.29 is 43.0 Å². The number of nitrogens with zero attached hydrogens (tertiary/aromatic N) is 5. The summed E-state index contributed by atoms with van der Waals surface area (Å²) in [5.41, 5.74) is 0.787. The minimum Gasteiger partial charge on any atom is -0.448 e. The number of carbonyl (C=O) groups excluding carboxylic acids is 2. The molecule has 2 aromatic rings. The van der Waals surface area contributed by atoms with E-state index >= 15 is 0 Å². The predicted molar refractivity (Wildman–Crippen MR) is 168 cm³/mol. The smallest absolute Gasteiger partial charge is 0.448 e. The zero-order valence-electron chi connectivity index (χ0n) is 26.2. The van der Waals surface area contributed by atoms with Gasteiger partial charge in [-0.1, -0.05) is 43.7 Å². The second-order valence-electron chi connectivity index (χ2n) is 11.2. The number of methoxy groups -OCH3 is 1. The number of carboxylic acid groups (broad SMARTS) is 1. The molecule has 4 rings (SSSR count). The summed E-state index contributed by atoms with van der Waals surface area (Å²) in [6.07, 6.45) is 0.889. The maximum atomic E-state index is 13.8. The molecule has 46 heavy (non-hydrogen) atoms. The average Bonchev–Trinajstić information content (AvgIpc) is 3.54. The fourth-order valence-electron chi connectivity index (χ4n) is 5.29. The first-order valence-electron chi connectivity index (χ1n) is 15.5. The third-order valence-corrected chi connectivity index (χ3v) is 9.33. The van der Waals surface area contributed by atoms with Crippen LogP contribution < -0.4 is 10.2 Å². The summed E-state index contributed by atoms with van der Waals surface area (Å²) in [7, 11) is -2.22. The number of hydroxylamine groups is 2. The Morgan fingerprint density at radius 1 is 1.09 bits per heavy atom. The third-order valence-electron chi connectivity index (χ3n) is 7.86. The molecule has 0 radical (unpaired) electrons. The molecule has 3 atom stereocenters. The molecule has 2 aliphatic rings. The molecule has 2 fully saturated rings. The maximum Gasteiger partial charge on any atom is 0.525 e. The summed E-state index contributed by atoms with van der Waals surface area (Å²) in [5.74, 6) is -0.0858. The van der Waals surface area contributed by atoms with E-state index in [9.17, 15) is 23.8 Å². The molecule has 1 aromatic carbocycles. The molecular formula is C30H43N6O9P. The number of rotatable bonds is 15. The normalized spacial score (nSPS) is 19.0. The van der Waals surface area contributed by atoms with E-state index in [1.165, 1.54) is 9.96 Å². The van der Waals surface area contributed by atoms with Crippen molar-refractivity contribution >= 4 is 31.4 Å². The highest BCUT2D eigenvalue weighted by Gasteiger charge is 2.32. The SMILES string of the molecule is CCCCOP(=O)(O)CCC[C@@H](NC(=O)c1cc(N2CC[C@H](OC)C2)nc(-c2ccccc2)n1)C(=O)N1CCN(OC(=O)O)CC1. The number of benzene rings is 1. The van der Waals surface area contributed by atoms with Crippen LogP contribution in [0.25, 0.3) is 11.4 Å². The van der Waals surface area contributed by atoms with E-state index in [1.807, 2.05) is 42.2 Å². The lowest BCUT2D eigenvalue weighted by Gasteiger charge is -2.34. The molecule has 0 saturated carbocycles. The van der Waals surface area contributed by atoms with E-state index in [1.54, 1.807) is 13.2 Å². The molecule has 0 aliphatic carbocycles. The van der Waals surface area contributed by atoms with Crippen LogP contribution in [0.4, 0.5) is 10.6 Å². The Kier molecular flexibility index (Phi) is 12.9. The Balaban J connectivity index is 1.54. The first-order chi connectivity index (χ1) is 22.1. The van der Waals surface area contributed by atoms with Gasteiger partial charge in [-0.3, -0.25) is 14.2 Å². The zero-order valence-corrected chi connectivity index (χ0v) is 27.1. The molecule has 15 nitrogen and oxygen atoms in total. The van der Waals surface area contributed by atoms with Crippen LogP contribution in [0.15, 0.2) is 36.4 Å². The van der Waals surface area contributed by atoms with Crippen molar-refractivity contribution in [3.63, 3.8) is 0 Å². The van der Waals surface area contributed by atoms with Crippen molar-refractivity contribution in [1.82, 2.24) is 25.2 Å². The summed E-state index contributed by atoms with van der Waals surface area (Å²) in [4.78, 5) is 66.2. The predicted octanol–water partition coefficient (Wildman–Crippen LogP) is 3.00. The molecule has 0 bridgehead atoms. The minimum absolute atomic E-state index is 0.0317. The van der Waals surface area contributed by atoms with Gasteiger partial charge in [-0.25, -0.2) is 14.8 Å². The molecule has 16 heteroatoms. The number of aromatic nitrogens is 2. The van der Waals surface area contributed by atoms with Gasteiger partial charge in [-0.2, -0.15) is 0 Å². The van der Waals surface area contributed by atoms with Crippen molar-refractivity contribution in [2.75, 3.05) is 64.0 Å². The Bertz CT molecular complexity index is 1380. The lowest BCUT2D eigenvalue weighted by atomic mass is 10.1. The fraction of sp³-hybridized carbons (Fsp3) is 0.567. The number of piperazine rings is 1. The standard InChI is InChI=1S/C30H43N6O9P/c1-3-4-18-44-46(41,42)19-8-11-24(29(38)34-14-16-36(17-15-34)45-30(39)40)32-28(37)25-20-26(35-13-12-23(21-35)43-2)33-27(31-25)22-9-6-5-7-10-22/h5-7,9-10,20,23-24H,3-4,8,11-19,21H2,1-2H3,(H,32,37)(H,39,40)(H,41,42)/t23-,24+/m0/s1. The minimum atomic E-state index is -3.88. The monoisotopic (exact) mass is 662 g/mol. The van der Waals surface area contributed by atoms with Crippen LogP contribution in [-0.2, 0) is 23.5 Å². The van der Waals surface area contributed by atoms with Gasteiger partial charge in [0.1, 0.15) is 17.6 Å². The lowest BCUT2D eigenvalue weighted by Crippen LogP contribution is -2.55. The van der Waals surface area contributed by atoms with Gasteiger partial charge < -0.3 is 39.2 Å². The first-order valence-corrected chi connectivity index (χ1v) is 17.3. The van der Waals surface area contributed by atoms with Crippen molar-refractivity contribution in [1.29, 1.82) is 0 Å². The van der Waals surface area contributed by atoms with Crippen molar-refractivity contribution in [3.8, 4) is 11.4 Å². The van der Waals surface area contributed by atoms with E-state index in [2.05, 4.69) is 10.3 Å². The number of unbranched alkanes of at least 4 members (excludes halogenated alkanes) is 1. The molecular weight excluding hydrogens is 619 g/mol. The van der Waals surface area contributed by atoms with Crippen LogP contribution in [-0.4, -0.2) is 119 Å². The van der Waals surface area contributed by atoms with E-state index < -0.39 is 31.6 Å². The van der Waals surface area contributed by atoms with Crippen molar-refractivity contribution in [2.24, 2.45) is 0 Å². The number of anilines is 1. The molecule has 3 heterocycles. The Morgan fingerprint density at radius 2 is 1.83 bits per heavy atom. The summed E-state index contributed by atoms with van der Waals surface area (Å²) in [6, 6.07) is 9.81. The van der Waals surface area contributed by atoms with E-state index in [0.717, 1.165) is 18.4 Å². The highest BCUT2D eigenvalue weighted by molar-refractivity contribution is 7.52. The van der Waals surface area contributed by atoms with Crippen LogP contribution in [0.2, 0.25) is 0 Å². The topological polar surface area (TPSA) is 184 Å². The third kappa shape index (κ3) is 10.2. The number of hydrogen-bond acceptors (Lipinski definition) is 11. The van der Waals surface area contributed by atoms with Gasteiger partial charge in [0.15, 0.2) is 5.82 Å². The Labute approximate surface area is 268 Å². The van der Waals surface area contributed by atoms with Crippen LogP contribution in [0, 0.1) is 0 Å². The Morgan fingerprint density at radius 3 is 2.48 bits per heavy atom. The summed E-state index contributed by atoms with van der Waals surface area (Å²) < 4.78 is 23.2. The van der Waals surface area contributed by atoms with Crippen molar-refractivity contribution in [3.05, 3.63) is 42.1 Å². The molecule has 0 spiro atoms. The van der Waals surface area contributed by atoms with Gasteiger partial charge in [0.25, 0.3) is 5.91 Å². The van der Waals surface area contributed by atoms with Gasteiger partial charge in [-0.05, 0) is 25.7 Å². The number of ether oxygens (including phenoxy) is 1. The molecule has 1 aromatic heterocycles. The van der Waals surface area contributed by atoms with Gasteiger partial charge >= 0.3 is 13.8 Å². The number of amides is 2. The number of hydrogen-bond donors (Lipinski definition) is 3. The lowest BCUT2D eigenvalue weighted by molar-refractivity contribution is -0.154. The van der Waals surface area contributed by atoms with E-state index in [4.69, 9.17) is 24.2 Å². The largest absolute Gasteiger partial charge is 0.525 e. The number of nitrogens with one attached hydrogen (secondary N) is 1.